The number of carbonyl (C=O) groups is 2. The van der Waals surface area contributed by atoms with Gasteiger partial charge in [-0.05, 0) is 54.6 Å². The molecule has 1 aliphatic rings. The lowest BCUT2D eigenvalue weighted by Crippen LogP contribution is -2.28. The van der Waals surface area contributed by atoms with Crippen molar-refractivity contribution in [1.29, 1.82) is 0 Å². The number of nitrogens with one attached hydrogen (secondary N) is 2. The van der Waals surface area contributed by atoms with Gasteiger partial charge in [-0.2, -0.15) is 18.3 Å². The molecule has 0 aliphatic carbocycles. The van der Waals surface area contributed by atoms with Gasteiger partial charge in [0.1, 0.15) is 16.8 Å². The summed E-state index contributed by atoms with van der Waals surface area (Å²) in [7, 11) is 0. The molecule has 1 atom stereocenters. The molecule has 0 saturated carbocycles. The third-order valence-corrected chi connectivity index (χ3v) is 6.03. The summed E-state index contributed by atoms with van der Waals surface area (Å²) in [6.07, 6.45) is -3.41. The van der Waals surface area contributed by atoms with Gasteiger partial charge in [0.05, 0.1) is 11.8 Å². The number of rotatable bonds is 6. The highest BCUT2D eigenvalue weighted by Crippen LogP contribution is 2.31. The standard InChI is InChI=1S/C23H16ClF3N4O3S/c24-15-6-4-13(5-7-15)18-9-8-17(34-18)12-28-31-22-30-21(33)19(35-22)11-20(32)29-16-3-1-2-14(10-16)23(25,26)27/h1-10,12,19H,11H2,(H,29,32)(H,30,31,33)/b28-12+. The summed E-state index contributed by atoms with van der Waals surface area (Å²) >= 11 is 6.88. The first-order valence-electron chi connectivity index (χ1n) is 10.1. The molecule has 12 heteroatoms. The number of carbonyl (C=O) groups excluding carboxylic acids is 2. The van der Waals surface area contributed by atoms with Gasteiger partial charge in [-0.15, -0.1) is 5.10 Å². The van der Waals surface area contributed by atoms with Crippen molar-refractivity contribution in [3.8, 4) is 11.3 Å². The fourth-order valence-electron chi connectivity index (χ4n) is 3.07. The van der Waals surface area contributed by atoms with Crippen LogP contribution in [0.25, 0.3) is 11.3 Å². The van der Waals surface area contributed by atoms with Crippen LogP contribution in [0.3, 0.4) is 0 Å². The van der Waals surface area contributed by atoms with Gasteiger partial charge >= 0.3 is 6.18 Å². The van der Waals surface area contributed by atoms with Gasteiger partial charge in [0.15, 0.2) is 5.17 Å². The number of hydrogen-bond donors (Lipinski definition) is 2. The molecule has 0 bridgehead atoms. The van der Waals surface area contributed by atoms with Crippen molar-refractivity contribution in [2.75, 3.05) is 5.32 Å². The molecular formula is C23H16ClF3N4O3S. The Balaban J connectivity index is 1.32. The average molecular weight is 521 g/mol. The molecular weight excluding hydrogens is 505 g/mol. The zero-order valence-corrected chi connectivity index (χ0v) is 19.2. The number of thioether (sulfide) groups is 1. The number of alkyl halides is 3. The predicted octanol–water partition coefficient (Wildman–Crippen LogP) is 5.57. The molecule has 35 heavy (non-hydrogen) atoms. The van der Waals surface area contributed by atoms with E-state index in [1.807, 2.05) is 12.1 Å². The lowest BCUT2D eigenvalue weighted by molar-refractivity contribution is -0.137. The van der Waals surface area contributed by atoms with E-state index in [-0.39, 0.29) is 17.3 Å². The molecule has 1 aromatic heterocycles. The van der Waals surface area contributed by atoms with Crippen molar-refractivity contribution < 1.29 is 27.2 Å². The molecule has 4 rings (SSSR count). The van der Waals surface area contributed by atoms with Crippen LogP contribution in [-0.2, 0) is 15.8 Å². The van der Waals surface area contributed by atoms with Crippen molar-refractivity contribution in [1.82, 2.24) is 5.32 Å². The summed E-state index contributed by atoms with van der Waals surface area (Å²) in [5.41, 5.74) is -0.0548. The topological polar surface area (TPSA) is 96.1 Å². The number of anilines is 1. The number of amides is 2. The summed E-state index contributed by atoms with van der Waals surface area (Å²) in [5.74, 6) is -0.00463. The van der Waals surface area contributed by atoms with E-state index in [0.717, 1.165) is 29.5 Å². The zero-order chi connectivity index (χ0) is 25.0. The van der Waals surface area contributed by atoms with E-state index in [4.69, 9.17) is 16.0 Å². The molecule has 2 aromatic carbocycles. The number of nitrogens with zero attached hydrogens (tertiary/aromatic N) is 2. The van der Waals surface area contributed by atoms with E-state index in [1.165, 1.54) is 18.3 Å². The fraction of sp³-hybridized carbons (Fsp3) is 0.130. The first-order valence-corrected chi connectivity index (χ1v) is 11.3. The Labute approximate surface area is 206 Å². The van der Waals surface area contributed by atoms with Gasteiger partial charge in [-0.3, -0.25) is 9.59 Å². The van der Waals surface area contributed by atoms with Crippen LogP contribution in [0.2, 0.25) is 5.02 Å². The van der Waals surface area contributed by atoms with Crippen LogP contribution in [0.15, 0.2) is 75.3 Å². The lowest BCUT2D eigenvalue weighted by Gasteiger charge is -2.10. The molecule has 0 radical (unpaired) electrons. The fourth-order valence-corrected chi connectivity index (χ4v) is 4.12. The third-order valence-electron chi connectivity index (χ3n) is 4.71. The molecule has 2 N–H and O–H groups in total. The minimum atomic E-state index is -4.53. The molecule has 180 valence electrons. The van der Waals surface area contributed by atoms with Crippen molar-refractivity contribution in [2.45, 2.75) is 17.8 Å². The van der Waals surface area contributed by atoms with Gasteiger partial charge < -0.3 is 15.1 Å². The van der Waals surface area contributed by atoms with Crippen LogP contribution in [-0.4, -0.2) is 28.4 Å². The Kier molecular flexibility index (Phi) is 7.27. The molecule has 1 fully saturated rings. The highest BCUT2D eigenvalue weighted by atomic mass is 35.5. The SMILES string of the molecule is O=C(CC1S/C(=N/N=C/c2ccc(-c3ccc(Cl)cc3)o2)NC1=O)Nc1cccc(C(F)(F)F)c1. The smallest absolute Gasteiger partial charge is 0.416 e. The van der Waals surface area contributed by atoms with Gasteiger partial charge in [0, 0.05) is 22.7 Å². The largest absolute Gasteiger partial charge is 0.455 e. The summed E-state index contributed by atoms with van der Waals surface area (Å²) in [6, 6.07) is 14.9. The van der Waals surface area contributed by atoms with Crippen molar-refractivity contribution in [3.63, 3.8) is 0 Å². The van der Waals surface area contributed by atoms with E-state index in [2.05, 4.69) is 20.8 Å². The first-order chi connectivity index (χ1) is 16.7. The Hall–Kier alpha value is -3.57. The molecule has 3 aromatic rings. The maximum atomic E-state index is 12.8. The van der Waals surface area contributed by atoms with Crippen LogP contribution in [0.5, 0.6) is 0 Å². The summed E-state index contributed by atoms with van der Waals surface area (Å²) in [5, 5.41) is 12.7. The van der Waals surface area contributed by atoms with Crippen LogP contribution in [0.1, 0.15) is 17.7 Å². The third kappa shape index (κ3) is 6.52. The van der Waals surface area contributed by atoms with Gasteiger partial charge in [-0.1, -0.05) is 29.4 Å². The molecule has 2 heterocycles. The Bertz CT molecular complexity index is 1310. The van der Waals surface area contributed by atoms with Crippen LogP contribution < -0.4 is 10.6 Å². The molecule has 1 aliphatic heterocycles. The first kappa shape index (κ1) is 24.6. The number of hydrogen-bond acceptors (Lipinski definition) is 6. The highest BCUT2D eigenvalue weighted by molar-refractivity contribution is 8.15. The maximum Gasteiger partial charge on any atom is 0.416 e. The normalized spacial score (nSPS) is 17.2. The number of amidine groups is 1. The minimum Gasteiger partial charge on any atom is -0.455 e. The lowest BCUT2D eigenvalue weighted by atomic mass is 10.2. The molecule has 1 saturated heterocycles. The predicted molar refractivity (Wildman–Crippen MR) is 128 cm³/mol. The molecule has 0 spiro atoms. The van der Waals surface area contributed by atoms with E-state index >= 15 is 0 Å². The Morgan fingerprint density at radius 2 is 1.94 bits per heavy atom. The minimum absolute atomic E-state index is 0.0110. The van der Waals surface area contributed by atoms with Crippen molar-refractivity contribution in [3.05, 3.63) is 77.0 Å². The van der Waals surface area contributed by atoms with E-state index in [0.29, 0.717) is 16.5 Å². The average Bonchev–Trinajstić information content (AvgIpc) is 3.40. The van der Waals surface area contributed by atoms with E-state index < -0.39 is 28.8 Å². The second kappa shape index (κ2) is 10.4. The molecule has 2 amide bonds. The number of furan rings is 1. The maximum absolute atomic E-state index is 12.8. The van der Waals surface area contributed by atoms with Crippen LogP contribution >= 0.6 is 23.4 Å². The van der Waals surface area contributed by atoms with Crippen molar-refractivity contribution >= 4 is 52.2 Å². The second-order valence-corrected chi connectivity index (χ2v) is 8.91. The second-order valence-electron chi connectivity index (χ2n) is 7.29. The Morgan fingerprint density at radius 1 is 1.17 bits per heavy atom. The summed E-state index contributed by atoms with van der Waals surface area (Å²) in [4.78, 5) is 24.4. The molecule has 1 unspecified atom stereocenters. The number of halogens is 4. The van der Waals surface area contributed by atoms with Gasteiger partial charge in [0.2, 0.25) is 11.8 Å². The monoisotopic (exact) mass is 520 g/mol. The van der Waals surface area contributed by atoms with Crippen molar-refractivity contribution in [2.24, 2.45) is 10.2 Å². The van der Waals surface area contributed by atoms with Gasteiger partial charge in [0.25, 0.3) is 0 Å². The Morgan fingerprint density at radius 3 is 2.69 bits per heavy atom. The summed E-state index contributed by atoms with van der Waals surface area (Å²) < 4.78 is 44.2. The quantitative estimate of drug-likeness (QED) is 0.328. The van der Waals surface area contributed by atoms with Crippen LogP contribution in [0, 0.1) is 0 Å². The van der Waals surface area contributed by atoms with Crippen LogP contribution in [0.4, 0.5) is 18.9 Å². The highest BCUT2D eigenvalue weighted by Gasteiger charge is 2.33. The van der Waals surface area contributed by atoms with Gasteiger partial charge in [-0.25, -0.2) is 0 Å². The van der Waals surface area contributed by atoms with E-state index in [1.54, 1.807) is 24.3 Å². The molecule has 7 nitrogen and oxygen atoms in total. The number of benzene rings is 2. The van der Waals surface area contributed by atoms with E-state index in [9.17, 15) is 22.8 Å². The zero-order valence-electron chi connectivity index (χ0n) is 17.7. The summed E-state index contributed by atoms with van der Waals surface area (Å²) in [6.45, 7) is 0.